The van der Waals surface area contributed by atoms with Gasteiger partial charge in [-0.25, -0.2) is 0 Å². The summed E-state index contributed by atoms with van der Waals surface area (Å²) in [6.07, 6.45) is -0.458. The summed E-state index contributed by atoms with van der Waals surface area (Å²) in [6, 6.07) is 5.97. The van der Waals surface area contributed by atoms with E-state index in [4.69, 9.17) is 4.74 Å². The summed E-state index contributed by atoms with van der Waals surface area (Å²) in [5.41, 5.74) is 2.17. The summed E-state index contributed by atoms with van der Waals surface area (Å²) >= 11 is 0. The van der Waals surface area contributed by atoms with Crippen LogP contribution in [0.5, 0.6) is 5.75 Å². The molecular weight excluding hydrogens is 202 g/mol. The van der Waals surface area contributed by atoms with Gasteiger partial charge in [0.25, 0.3) is 5.91 Å². The van der Waals surface area contributed by atoms with Gasteiger partial charge in [0, 0.05) is 6.54 Å². The first-order valence-corrected chi connectivity index (χ1v) is 5.56. The van der Waals surface area contributed by atoms with Crippen LogP contribution < -0.4 is 10.1 Å². The van der Waals surface area contributed by atoms with Gasteiger partial charge >= 0.3 is 0 Å². The number of likely N-dealkylation sites (N-methyl/N-ethyl adjacent to an activating group) is 1. The van der Waals surface area contributed by atoms with E-state index < -0.39 is 6.10 Å². The highest BCUT2D eigenvalue weighted by Crippen LogP contribution is 2.20. The molecule has 1 atom stereocenters. The Morgan fingerprint density at radius 3 is 2.75 bits per heavy atom. The van der Waals surface area contributed by atoms with Crippen molar-refractivity contribution in [2.24, 2.45) is 0 Å². The second-order valence-electron chi connectivity index (χ2n) is 3.92. The Hall–Kier alpha value is -1.51. The highest BCUT2D eigenvalue weighted by atomic mass is 16.5. The van der Waals surface area contributed by atoms with Crippen LogP contribution in [0, 0.1) is 13.8 Å². The van der Waals surface area contributed by atoms with Crippen molar-refractivity contribution in [3.05, 3.63) is 29.3 Å². The zero-order valence-electron chi connectivity index (χ0n) is 10.3. The van der Waals surface area contributed by atoms with E-state index in [0.29, 0.717) is 6.54 Å². The Bertz CT molecular complexity index is 374. The Morgan fingerprint density at radius 2 is 2.12 bits per heavy atom. The number of rotatable bonds is 4. The van der Waals surface area contributed by atoms with Crippen molar-refractivity contribution in [3.8, 4) is 5.75 Å². The maximum Gasteiger partial charge on any atom is 0.260 e. The van der Waals surface area contributed by atoms with E-state index in [0.717, 1.165) is 16.9 Å². The van der Waals surface area contributed by atoms with Crippen LogP contribution in [0.2, 0.25) is 0 Å². The molecule has 0 fully saturated rings. The number of carbonyl (C=O) groups excluding carboxylic acids is 1. The zero-order chi connectivity index (χ0) is 12.1. The van der Waals surface area contributed by atoms with Crippen LogP contribution >= 0.6 is 0 Å². The molecule has 0 aliphatic heterocycles. The summed E-state index contributed by atoms with van der Waals surface area (Å²) in [7, 11) is 0. The molecule has 0 aromatic heterocycles. The fraction of sp³-hybridized carbons (Fsp3) is 0.462. The lowest BCUT2D eigenvalue weighted by Gasteiger charge is -2.16. The molecule has 0 radical (unpaired) electrons. The summed E-state index contributed by atoms with van der Waals surface area (Å²) in [5.74, 6) is 0.696. The number of amides is 1. The predicted molar refractivity (Wildman–Crippen MR) is 64.7 cm³/mol. The molecule has 0 spiro atoms. The molecule has 0 heterocycles. The minimum Gasteiger partial charge on any atom is -0.481 e. The third-order valence-corrected chi connectivity index (χ3v) is 2.37. The largest absolute Gasteiger partial charge is 0.481 e. The van der Waals surface area contributed by atoms with Crippen LogP contribution in [0.15, 0.2) is 18.2 Å². The Morgan fingerprint density at radius 1 is 1.44 bits per heavy atom. The van der Waals surface area contributed by atoms with Crippen LogP contribution in [-0.4, -0.2) is 18.6 Å². The predicted octanol–water partition coefficient (Wildman–Crippen LogP) is 2.21. The second-order valence-corrected chi connectivity index (χ2v) is 3.92. The Kier molecular flexibility index (Phi) is 4.35. The molecule has 16 heavy (non-hydrogen) atoms. The van der Waals surface area contributed by atoms with Gasteiger partial charge in [-0.1, -0.05) is 12.1 Å². The third-order valence-electron chi connectivity index (χ3n) is 2.37. The van der Waals surface area contributed by atoms with Crippen LogP contribution in [0.4, 0.5) is 0 Å². The SMILES string of the molecule is CCNC(=O)[C@@H](C)Oc1cc(C)ccc1C. The van der Waals surface area contributed by atoms with E-state index in [9.17, 15) is 4.79 Å². The third kappa shape index (κ3) is 3.26. The average molecular weight is 221 g/mol. The lowest BCUT2D eigenvalue weighted by Crippen LogP contribution is -2.36. The summed E-state index contributed by atoms with van der Waals surface area (Å²) in [4.78, 5) is 11.5. The van der Waals surface area contributed by atoms with E-state index >= 15 is 0 Å². The topological polar surface area (TPSA) is 38.3 Å². The Labute approximate surface area is 96.8 Å². The highest BCUT2D eigenvalue weighted by molar-refractivity contribution is 5.80. The van der Waals surface area contributed by atoms with Crippen LogP contribution in [-0.2, 0) is 4.79 Å². The zero-order valence-corrected chi connectivity index (χ0v) is 10.3. The highest BCUT2D eigenvalue weighted by Gasteiger charge is 2.14. The van der Waals surface area contributed by atoms with Gasteiger partial charge in [0.05, 0.1) is 0 Å². The molecule has 1 aromatic carbocycles. The average Bonchev–Trinajstić information content (AvgIpc) is 2.23. The molecule has 1 aromatic rings. The molecule has 0 bridgehead atoms. The normalized spacial score (nSPS) is 12.0. The quantitative estimate of drug-likeness (QED) is 0.846. The second kappa shape index (κ2) is 5.54. The van der Waals surface area contributed by atoms with Gasteiger partial charge in [-0.2, -0.15) is 0 Å². The van der Waals surface area contributed by atoms with Crippen LogP contribution in [0.25, 0.3) is 0 Å². The molecule has 0 saturated carbocycles. The van der Waals surface area contributed by atoms with Gasteiger partial charge in [-0.05, 0) is 44.9 Å². The number of hydrogen-bond acceptors (Lipinski definition) is 2. The monoisotopic (exact) mass is 221 g/mol. The lowest BCUT2D eigenvalue weighted by atomic mass is 10.1. The number of carbonyl (C=O) groups is 1. The van der Waals surface area contributed by atoms with Crippen LogP contribution in [0.1, 0.15) is 25.0 Å². The van der Waals surface area contributed by atoms with Crippen molar-refractivity contribution in [1.29, 1.82) is 0 Å². The van der Waals surface area contributed by atoms with Gasteiger partial charge in [-0.15, -0.1) is 0 Å². The van der Waals surface area contributed by atoms with Crippen molar-refractivity contribution in [2.75, 3.05) is 6.54 Å². The molecule has 0 unspecified atom stereocenters. The molecule has 88 valence electrons. The van der Waals surface area contributed by atoms with E-state index in [-0.39, 0.29) is 5.91 Å². The number of ether oxygens (including phenoxy) is 1. The molecular formula is C13H19NO2. The minimum atomic E-state index is -0.458. The summed E-state index contributed by atoms with van der Waals surface area (Å²) < 4.78 is 5.63. The van der Waals surface area contributed by atoms with Crippen molar-refractivity contribution >= 4 is 5.91 Å². The molecule has 0 aliphatic rings. The fourth-order valence-corrected chi connectivity index (χ4v) is 1.40. The van der Waals surface area contributed by atoms with Gasteiger partial charge in [0.2, 0.25) is 0 Å². The number of nitrogens with one attached hydrogen (secondary N) is 1. The molecule has 0 aliphatic carbocycles. The van der Waals surface area contributed by atoms with Crippen molar-refractivity contribution in [1.82, 2.24) is 5.32 Å². The van der Waals surface area contributed by atoms with E-state index in [1.54, 1.807) is 6.92 Å². The van der Waals surface area contributed by atoms with E-state index in [1.165, 1.54) is 0 Å². The number of benzene rings is 1. The summed E-state index contributed by atoms with van der Waals surface area (Å²) in [5, 5.41) is 2.74. The summed E-state index contributed by atoms with van der Waals surface area (Å²) in [6.45, 7) is 8.25. The lowest BCUT2D eigenvalue weighted by molar-refractivity contribution is -0.127. The number of aryl methyl sites for hydroxylation is 2. The van der Waals surface area contributed by atoms with E-state index in [2.05, 4.69) is 5.32 Å². The first-order valence-electron chi connectivity index (χ1n) is 5.56. The smallest absolute Gasteiger partial charge is 0.260 e. The maximum absolute atomic E-state index is 11.5. The molecule has 1 N–H and O–H groups in total. The molecule has 1 rings (SSSR count). The Balaban J connectivity index is 2.72. The molecule has 3 heteroatoms. The van der Waals surface area contributed by atoms with E-state index in [1.807, 2.05) is 39.0 Å². The first kappa shape index (κ1) is 12.6. The van der Waals surface area contributed by atoms with Gasteiger partial charge in [0.1, 0.15) is 5.75 Å². The van der Waals surface area contributed by atoms with Crippen LogP contribution in [0.3, 0.4) is 0 Å². The standard InChI is InChI=1S/C13H19NO2/c1-5-14-13(15)11(4)16-12-8-9(2)6-7-10(12)3/h6-8,11H,5H2,1-4H3,(H,14,15)/t11-/m1/s1. The van der Waals surface area contributed by atoms with Crippen molar-refractivity contribution in [2.45, 2.75) is 33.8 Å². The van der Waals surface area contributed by atoms with Crippen molar-refractivity contribution < 1.29 is 9.53 Å². The number of hydrogen-bond donors (Lipinski definition) is 1. The fourth-order valence-electron chi connectivity index (χ4n) is 1.40. The molecule has 0 saturated heterocycles. The van der Waals surface area contributed by atoms with Crippen molar-refractivity contribution in [3.63, 3.8) is 0 Å². The van der Waals surface area contributed by atoms with Gasteiger partial charge in [-0.3, -0.25) is 4.79 Å². The maximum atomic E-state index is 11.5. The van der Waals surface area contributed by atoms with Gasteiger partial charge in [0.15, 0.2) is 6.10 Å². The van der Waals surface area contributed by atoms with Gasteiger partial charge < -0.3 is 10.1 Å². The minimum absolute atomic E-state index is 0.0802. The molecule has 3 nitrogen and oxygen atoms in total. The first-order chi connectivity index (χ1) is 7.54. The molecule has 1 amide bonds.